The molecule has 160 valence electrons. The maximum absolute atomic E-state index is 12.8. The fraction of sp³-hybridized carbons (Fsp3) is 0.391. The molecule has 0 saturated heterocycles. The van der Waals surface area contributed by atoms with Crippen LogP contribution in [0.4, 0.5) is 0 Å². The minimum Gasteiger partial charge on any atom is -0.485 e. The highest BCUT2D eigenvalue weighted by Crippen LogP contribution is 2.28. The van der Waals surface area contributed by atoms with Crippen molar-refractivity contribution in [1.82, 2.24) is 14.7 Å². The molecule has 1 amide bonds. The van der Waals surface area contributed by atoms with Crippen LogP contribution in [0.15, 0.2) is 45.4 Å². The van der Waals surface area contributed by atoms with Crippen molar-refractivity contribution in [2.75, 3.05) is 7.05 Å². The van der Waals surface area contributed by atoms with Crippen molar-refractivity contribution in [3.8, 4) is 5.75 Å². The predicted octanol–water partition coefficient (Wildman–Crippen LogP) is 5.54. The summed E-state index contributed by atoms with van der Waals surface area (Å²) in [5.41, 5.74) is 3.24. The molecule has 3 rings (SSSR count). The number of nitrogens with zero attached hydrogens (tertiary/aromatic N) is 3. The number of ether oxygens (including phenoxy) is 1. The largest absolute Gasteiger partial charge is 0.485 e. The molecular weight excluding hydrogens is 446 g/mol. The van der Waals surface area contributed by atoms with Crippen LogP contribution >= 0.6 is 15.9 Å². The second-order valence-electron chi connectivity index (χ2n) is 7.67. The highest BCUT2D eigenvalue weighted by atomic mass is 79.9. The fourth-order valence-electron chi connectivity index (χ4n) is 3.26. The first kappa shape index (κ1) is 22.2. The van der Waals surface area contributed by atoms with Gasteiger partial charge in [-0.3, -0.25) is 9.48 Å². The van der Waals surface area contributed by atoms with Gasteiger partial charge in [0.2, 0.25) is 0 Å². The molecule has 6 nitrogen and oxygen atoms in total. The van der Waals surface area contributed by atoms with Gasteiger partial charge >= 0.3 is 0 Å². The van der Waals surface area contributed by atoms with Crippen molar-refractivity contribution in [3.05, 3.63) is 69.3 Å². The molecule has 1 aromatic carbocycles. The van der Waals surface area contributed by atoms with E-state index in [0.29, 0.717) is 24.0 Å². The van der Waals surface area contributed by atoms with Crippen LogP contribution in [0, 0.1) is 6.92 Å². The lowest BCUT2D eigenvalue weighted by atomic mass is 10.0. The Hall–Kier alpha value is -2.54. The summed E-state index contributed by atoms with van der Waals surface area (Å²) >= 11 is 3.50. The van der Waals surface area contributed by atoms with Gasteiger partial charge in [0.1, 0.15) is 18.1 Å². The van der Waals surface area contributed by atoms with Crippen LogP contribution in [0.3, 0.4) is 0 Å². The molecular formula is C23H28BrN3O3. The minimum absolute atomic E-state index is 0.185. The van der Waals surface area contributed by atoms with E-state index in [1.807, 2.05) is 24.6 Å². The lowest BCUT2D eigenvalue weighted by Gasteiger charge is -2.17. The normalized spacial score (nSPS) is 11.2. The van der Waals surface area contributed by atoms with Gasteiger partial charge in [0.15, 0.2) is 5.76 Å². The van der Waals surface area contributed by atoms with Gasteiger partial charge in [-0.25, -0.2) is 0 Å². The van der Waals surface area contributed by atoms with Gasteiger partial charge < -0.3 is 14.1 Å². The molecule has 0 saturated carbocycles. The maximum Gasteiger partial charge on any atom is 0.289 e. The van der Waals surface area contributed by atoms with Crippen LogP contribution in [0.1, 0.15) is 59.8 Å². The van der Waals surface area contributed by atoms with Gasteiger partial charge in [0.25, 0.3) is 5.91 Å². The van der Waals surface area contributed by atoms with Crippen molar-refractivity contribution in [1.29, 1.82) is 0 Å². The van der Waals surface area contributed by atoms with E-state index < -0.39 is 0 Å². The number of halogens is 1. The summed E-state index contributed by atoms with van der Waals surface area (Å²) in [6, 6.07) is 9.71. The van der Waals surface area contributed by atoms with Gasteiger partial charge in [0.05, 0.1) is 22.9 Å². The molecule has 0 aliphatic rings. The van der Waals surface area contributed by atoms with Gasteiger partial charge in [-0.1, -0.05) is 26.0 Å². The Balaban J connectivity index is 1.67. The SMILES string of the molecule is CCn1ncc(Br)c1CN(C)C(=O)c1ccc(COc2cc(C)ccc2C(C)C)o1. The second-order valence-corrected chi connectivity index (χ2v) is 8.52. The zero-order valence-electron chi connectivity index (χ0n) is 18.1. The third kappa shape index (κ3) is 4.95. The molecule has 0 fully saturated rings. The fourth-order valence-corrected chi connectivity index (χ4v) is 3.69. The van der Waals surface area contributed by atoms with Crippen molar-refractivity contribution >= 4 is 21.8 Å². The van der Waals surface area contributed by atoms with E-state index in [9.17, 15) is 4.79 Å². The third-order valence-corrected chi connectivity index (χ3v) is 5.63. The molecule has 2 aromatic heterocycles. The molecule has 0 bridgehead atoms. The van der Waals surface area contributed by atoms with Crippen LogP contribution in [0.2, 0.25) is 0 Å². The van der Waals surface area contributed by atoms with E-state index in [1.165, 1.54) is 0 Å². The number of aryl methyl sites for hydroxylation is 2. The summed E-state index contributed by atoms with van der Waals surface area (Å²) in [6.07, 6.45) is 1.75. The quantitative estimate of drug-likeness (QED) is 0.430. The molecule has 0 N–H and O–H groups in total. The molecule has 2 heterocycles. The summed E-state index contributed by atoms with van der Waals surface area (Å²) in [4.78, 5) is 14.4. The Labute approximate surface area is 185 Å². The first-order chi connectivity index (χ1) is 14.3. The highest BCUT2D eigenvalue weighted by molar-refractivity contribution is 9.10. The zero-order valence-corrected chi connectivity index (χ0v) is 19.7. The Kier molecular flexibility index (Phi) is 7.02. The number of aromatic nitrogens is 2. The first-order valence-electron chi connectivity index (χ1n) is 10.1. The Morgan fingerprint density at radius 2 is 2.07 bits per heavy atom. The van der Waals surface area contributed by atoms with Crippen molar-refractivity contribution in [2.24, 2.45) is 0 Å². The summed E-state index contributed by atoms with van der Waals surface area (Å²) in [5.74, 6) is 1.93. The number of benzene rings is 1. The Bertz CT molecular complexity index is 1020. The number of furan rings is 1. The molecule has 7 heteroatoms. The van der Waals surface area contributed by atoms with Crippen LogP contribution in [-0.2, 0) is 19.7 Å². The third-order valence-electron chi connectivity index (χ3n) is 4.96. The molecule has 0 aliphatic carbocycles. The van der Waals surface area contributed by atoms with Crippen LogP contribution in [-0.4, -0.2) is 27.6 Å². The first-order valence-corrected chi connectivity index (χ1v) is 10.9. The van der Waals surface area contributed by atoms with Crippen molar-refractivity contribution in [3.63, 3.8) is 0 Å². The van der Waals surface area contributed by atoms with E-state index in [-0.39, 0.29) is 12.5 Å². The standard InChI is InChI=1S/C23H28BrN3O3/c1-6-27-20(19(24)12-25-27)13-26(5)23(28)21-10-8-17(30-21)14-29-22-11-16(4)7-9-18(22)15(2)3/h7-12,15H,6,13-14H2,1-5H3. The van der Waals surface area contributed by atoms with Crippen LogP contribution in [0.5, 0.6) is 5.75 Å². The van der Waals surface area contributed by atoms with Gasteiger partial charge in [-0.05, 0) is 65.0 Å². The van der Waals surface area contributed by atoms with E-state index in [2.05, 4.69) is 47.0 Å². The monoisotopic (exact) mass is 473 g/mol. The zero-order chi connectivity index (χ0) is 21.8. The predicted molar refractivity (Wildman–Crippen MR) is 120 cm³/mol. The van der Waals surface area contributed by atoms with E-state index in [1.54, 1.807) is 30.3 Å². The molecule has 0 atom stereocenters. The van der Waals surface area contributed by atoms with Gasteiger partial charge in [0, 0.05) is 13.6 Å². The van der Waals surface area contributed by atoms with E-state index >= 15 is 0 Å². The Morgan fingerprint density at radius 3 is 2.77 bits per heavy atom. The molecule has 0 unspecified atom stereocenters. The minimum atomic E-state index is -0.185. The lowest BCUT2D eigenvalue weighted by molar-refractivity contribution is 0.0745. The average molecular weight is 474 g/mol. The molecule has 30 heavy (non-hydrogen) atoms. The highest BCUT2D eigenvalue weighted by Gasteiger charge is 2.19. The summed E-state index contributed by atoms with van der Waals surface area (Å²) < 4.78 is 14.5. The number of amides is 1. The number of hydrogen-bond acceptors (Lipinski definition) is 4. The number of hydrogen-bond donors (Lipinski definition) is 0. The van der Waals surface area contributed by atoms with Crippen molar-refractivity contribution in [2.45, 2.75) is 53.3 Å². The van der Waals surface area contributed by atoms with Crippen molar-refractivity contribution < 1.29 is 13.9 Å². The number of carbonyl (C=O) groups excluding carboxylic acids is 1. The molecule has 0 radical (unpaired) electrons. The topological polar surface area (TPSA) is 60.5 Å². The number of carbonyl (C=O) groups is 1. The molecule has 3 aromatic rings. The van der Waals surface area contributed by atoms with Crippen LogP contribution < -0.4 is 4.74 Å². The average Bonchev–Trinajstić information content (AvgIpc) is 3.32. The van der Waals surface area contributed by atoms with E-state index in [0.717, 1.165) is 33.6 Å². The molecule has 0 spiro atoms. The second kappa shape index (κ2) is 9.51. The lowest BCUT2D eigenvalue weighted by Crippen LogP contribution is -2.27. The Morgan fingerprint density at radius 1 is 1.30 bits per heavy atom. The van der Waals surface area contributed by atoms with E-state index in [4.69, 9.17) is 9.15 Å². The smallest absolute Gasteiger partial charge is 0.289 e. The van der Waals surface area contributed by atoms with Gasteiger partial charge in [-0.15, -0.1) is 0 Å². The number of rotatable bonds is 8. The maximum atomic E-state index is 12.8. The summed E-state index contributed by atoms with van der Waals surface area (Å²) in [5, 5.41) is 4.29. The van der Waals surface area contributed by atoms with Crippen LogP contribution in [0.25, 0.3) is 0 Å². The molecule has 0 aliphatic heterocycles. The summed E-state index contributed by atoms with van der Waals surface area (Å²) in [7, 11) is 1.75. The summed E-state index contributed by atoms with van der Waals surface area (Å²) in [6.45, 7) is 9.78. The van der Waals surface area contributed by atoms with Gasteiger partial charge in [-0.2, -0.15) is 5.10 Å².